The quantitative estimate of drug-likeness (QED) is 0.444. The third-order valence-electron chi connectivity index (χ3n) is 7.13. The molecule has 0 radical (unpaired) electrons. The largest absolute Gasteiger partial charge is 0.313 e. The van der Waals surface area contributed by atoms with Crippen molar-refractivity contribution in [3.8, 4) is 0 Å². The maximum absolute atomic E-state index is 14.1. The Kier molecular flexibility index (Phi) is 4.38. The molecule has 2 aromatic carbocycles. The SMILES string of the molecule is CN(C(=O)C12CCC(c3nc4cc(Cl)c(Cl)cc4nc31)C2(C)C)c1ccccc1Cl. The Morgan fingerprint density at radius 3 is 2.33 bits per heavy atom. The van der Waals surface area contributed by atoms with Crippen LogP contribution in [0.2, 0.25) is 15.1 Å². The molecule has 1 heterocycles. The van der Waals surface area contributed by atoms with Crippen LogP contribution in [0.3, 0.4) is 0 Å². The van der Waals surface area contributed by atoms with E-state index in [2.05, 4.69) is 13.8 Å². The first-order chi connectivity index (χ1) is 14.2. The molecule has 2 aliphatic rings. The fourth-order valence-electron chi connectivity index (χ4n) is 5.47. The van der Waals surface area contributed by atoms with Gasteiger partial charge in [0, 0.05) is 13.0 Å². The van der Waals surface area contributed by atoms with Crippen LogP contribution in [0.5, 0.6) is 0 Å². The van der Waals surface area contributed by atoms with Crippen LogP contribution in [-0.4, -0.2) is 22.9 Å². The Balaban J connectivity index is 1.72. The van der Waals surface area contributed by atoms with Gasteiger partial charge >= 0.3 is 0 Å². The summed E-state index contributed by atoms with van der Waals surface area (Å²) in [6.07, 6.45) is 1.62. The number of fused-ring (bicyclic) bond motifs is 6. The second-order valence-corrected chi connectivity index (χ2v) is 9.97. The topological polar surface area (TPSA) is 46.1 Å². The van der Waals surface area contributed by atoms with Crippen molar-refractivity contribution in [3.05, 3.63) is 62.9 Å². The number of hydrogen-bond acceptors (Lipinski definition) is 3. The van der Waals surface area contributed by atoms with Gasteiger partial charge in [0.2, 0.25) is 5.91 Å². The zero-order chi connectivity index (χ0) is 21.4. The summed E-state index contributed by atoms with van der Waals surface area (Å²) < 4.78 is 0. The number of nitrogens with zero attached hydrogens (tertiary/aromatic N) is 3. The molecule has 0 aliphatic heterocycles. The van der Waals surface area contributed by atoms with Gasteiger partial charge in [0.05, 0.1) is 48.6 Å². The molecule has 3 aromatic rings. The Bertz CT molecular complexity index is 1230. The van der Waals surface area contributed by atoms with Crippen molar-refractivity contribution in [2.45, 2.75) is 38.0 Å². The summed E-state index contributed by atoms with van der Waals surface area (Å²) in [5.41, 5.74) is 2.61. The molecule has 154 valence electrons. The molecule has 2 unspecified atom stereocenters. The van der Waals surface area contributed by atoms with Crippen LogP contribution >= 0.6 is 34.8 Å². The van der Waals surface area contributed by atoms with E-state index in [4.69, 9.17) is 44.8 Å². The lowest BCUT2D eigenvalue weighted by atomic mass is 9.67. The predicted octanol–water partition coefficient (Wildman–Crippen LogP) is 6.41. The molecular formula is C23H20Cl3N3O. The van der Waals surface area contributed by atoms with E-state index in [-0.39, 0.29) is 17.2 Å². The number of carbonyl (C=O) groups is 1. The van der Waals surface area contributed by atoms with Crippen molar-refractivity contribution < 1.29 is 4.79 Å². The lowest BCUT2D eigenvalue weighted by Crippen LogP contribution is -2.50. The Labute approximate surface area is 190 Å². The first-order valence-corrected chi connectivity index (χ1v) is 11.0. The van der Waals surface area contributed by atoms with E-state index in [1.807, 2.05) is 18.2 Å². The first kappa shape index (κ1) is 20.0. The van der Waals surface area contributed by atoms with Gasteiger partial charge in [-0.3, -0.25) is 4.79 Å². The first-order valence-electron chi connectivity index (χ1n) is 9.88. The normalized spacial score (nSPS) is 23.6. The number of carbonyl (C=O) groups excluding carboxylic acids is 1. The zero-order valence-corrected chi connectivity index (χ0v) is 19.1. The van der Waals surface area contributed by atoms with Crippen molar-refractivity contribution in [1.82, 2.24) is 9.97 Å². The zero-order valence-electron chi connectivity index (χ0n) is 16.8. The van der Waals surface area contributed by atoms with Crippen LogP contribution in [-0.2, 0) is 10.2 Å². The molecule has 2 atom stereocenters. The van der Waals surface area contributed by atoms with Gasteiger partial charge in [-0.2, -0.15) is 0 Å². The Morgan fingerprint density at radius 2 is 1.67 bits per heavy atom. The molecule has 30 heavy (non-hydrogen) atoms. The van der Waals surface area contributed by atoms with Gasteiger partial charge in [-0.05, 0) is 42.5 Å². The van der Waals surface area contributed by atoms with E-state index in [0.29, 0.717) is 31.8 Å². The Hall–Kier alpha value is -1.88. The maximum Gasteiger partial charge on any atom is 0.239 e. The average molecular weight is 461 g/mol. The minimum absolute atomic E-state index is 0.00411. The number of benzene rings is 2. The molecule has 1 fully saturated rings. The summed E-state index contributed by atoms with van der Waals surface area (Å²) in [5.74, 6) is 0.151. The van der Waals surface area contributed by atoms with Crippen molar-refractivity contribution in [3.63, 3.8) is 0 Å². The number of likely N-dealkylation sites (N-methyl/N-ethyl adjacent to an activating group) is 1. The summed E-state index contributed by atoms with van der Waals surface area (Å²) >= 11 is 18.8. The van der Waals surface area contributed by atoms with Crippen molar-refractivity contribution >= 4 is 57.4 Å². The smallest absolute Gasteiger partial charge is 0.239 e. The molecule has 1 aromatic heterocycles. The number of hydrogen-bond donors (Lipinski definition) is 0. The maximum atomic E-state index is 14.1. The Morgan fingerprint density at radius 1 is 1.03 bits per heavy atom. The van der Waals surface area contributed by atoms with Crippen molar-refractivity contribution in [2.75, 3.05) is 11.9 Å². The van der Waals surface area contributed by atoms with Gasteiger partial charge in [-0.1, -0.05) is 60.8 Å². The summed E-state index contributed by atoms with van der Waals surface area (Å²) in [6, 6.07) is 10.9. The highest BCUT2D eigenvalue weighted by Crippen LogP contribution is 2.67. The van der Waals surface area contributed by atoms with E-state index >= 15 is 0 Å². The molecule has 2 bridgehead atoms. The van der Waals surface area contributed by atoms with Crippen molar-refractivity contribution in [1.29, 1.82) is 0 Å². The van der Waals surface area contributed by atoms with Gasteiger partial charge in [0.15, 0.2) is 0 Å². The van der Waals surface area contributed by atoms with E-state index in [1.54, 1.807) is 30.1 Å². The van der Waals surface area contributed by atoms with Gasteiger partial charge < -0.3 is 4.90 Å². The van der Waals surface area contributed by atoms with Crippen LogP contribution < -0.4 is 4.90 Å². The van der Waals surface area contributed by atoms with E-state index < -0.39 is 5.41 Å². The predicted molar refractivity (Wildman–Crippen MR) is 122 cm³/mol. The van der Waals surface area contributed by atoms with Gasteiger partial charge in [-0.25, -0.2) is 9.97 Å². The molecule has 0 saturated heterocycles. The standard InChI is InChI=1S/C23H20Cl3N3O/c1-22(2)12-8-9-23(22,21(30)29(3)18-7-5-4-6-13(18)24)20-19(12)27-16-10-14(25)15(26)11-17(16)28-20/h4-7,10-12H,8-9H2,1-3H3. The molecule has 7 heteroatoms. The minimum Gasteiger partial charge on any atom is -0.313 e. The fourth-order valence-corrected chi connectivity index (χ4v) is 6.05. The summed E-state index contributed by atoms with van der Waals surface area (Å²) in [4.78, 5) is 25.6. The van der Waals surface area contributed by atoms with Crippen LogP contribution in [0.15, 0.2) is 36.4 Å². The molecule has 0 spiro atoms. The highest BCUT2D eigenvalue weighted by molar-refractivity contribution is 6.42. The molecule has 0 N–H and O–H groups in total. The highest BCUT2D eigenvalue weighted by Gasteiger charge is 2.68. The van der Waals surface area contributed by atoms with Gasteiger partial charge in [0.25, 0.3) is 0 Å². The lowest BCUT2D eigenvalue weighted by Gasteiger charge is -2.39. The number of amides is 1. The number of halogens is 3. The number of rotatable bonds is 2. The van der Waals surface area contributed by atoms with Gasteiger partial charge in [-0.15, -0.1) is 0 Å². The third kappa shape index (κ3) is 2.44. The molecule has 4 nitrogen and oxygen atoms in total. The molecular weight excluding hydrogens is 441 g/mol. The third-order valence-corrected chi connectivity index (χ3v) is 8.17. The van der Waals surface area contributed by atoms with E-state index in [9.17, 15) is 4.79 Å². The van der Waals surface area contributed by atoms with Gasteiger partial charge in [0.1, 0.15) is 0 Å². The van der Waals surface area contributed by atoms with E-state index in [0.717, 1.165) is 24.2 Å². The van der Waals surface area contributed by atoms with Crippen LogP contribution in [0, 0.1) is 5.41 Å². The highest BCUT2D eigenvalue weighted by atomic mass is 35.5. The number of para-hydroxylation sites is 1. The van der Waals surface area contributed by atoms with Crippen molar-refractivity contribution in [2.24, 2.45) is 5.41 Å². The minimum atomic E-state index is -0.770. The molecule has 5 rings (SSSR count). The monoisotopic (exact) mass is 459 g/mol. The van der Waals surface area contributed by atoms with Crippen LogP contribution in [0.25, 0.3) is 11.0 Å². The number of anilines is 1. The van der Waals surface area contributed by atoms with E-state index in [1.165, 1.54) is 0 Å². The average Bonchev–Trinajstić information content (AvgIpc) is 3.08. The fraction of sp³-hybridized carbons (Fsp3) is 0.348. The molecule has 2 aliphatic carbocycles. The summed E-state index contributed by atoms with van der Waals surface area (Å²) in [7, 11) is 1.78. The molecule has 1 amide bonds. The second kappa shape index (κ2) is 6.56. The second-order valence-electron chi connectivity index (χ2n) is 8.75. The van der Waals surface area contributed by atoms with Crippen LogP contribution in [0.1, 0.15) is 44.0 Å². The summed E-state index contributed by atoms with van der Waals surface area (Å²) in [6.45, 7) is 4.30. The lowest BCUT2D eigenvalue weighted by molar-refractivity contribution is -0.126. The summed E-state index contributed by atoms with van der Waals surface area (Å²) in [5, 5.41) is 1.42. The molecule has 1 saturated carbocycles. The number of aromatic nitrogens is 2. The van der Waals surface area contributed by atoms with Crippen LogP contribution in [0.4, 0.5) is 5.69 Å².